The van der Waals surface area contributed by atoms with Crippen molar-refractivity contribution in [3.63, 3.8) is 0 Å². The van der Waals surface area contributed by atoms with Gasteiger partial charge in [0.1, 0.15) is 4.90 Å². The number of aromatic amines is 1. The van der Waals surface area contributed by atoms with Gasteiger partial charge in [-0.25, -0.2) is 8.42 Å². The lowest BCUT2D eigenvalue weighted by Crippen LogP contribution is -2.28. The minimum atomic E-state index is -3.41. The molecule has 0 aliphatic heterocycles. The first-order chi connectivity index (χ1) is 8.50. The Labute approximate surface area is 106 Å². The van der Waals surface area contributed by atoms with Gasteiger partial charge in [-0.1, -0.05) is 0 Å². The van der Waals surface area contributed by atoms with E-state index < -0.39 is 10.0 Å². The predicted molar refractivity (Wildman–Crippen MR) is 70.7 cm³/mol. The smallest absolute Gasteiger partial charge is 0.245 e. The average Bonchev–Trinajstić information content (AvgIpc) is 3.08. The number of nitrogen functional groups attached to an aromatic ring is 1. The molecule has 0 amide bonds. The lowest BCUT2D eigenvalue weighted by atomic mass is 10.2. The number of rotatable bonds is 3. The Bertz CT molecular complexity index is 701. The zero-order valence-corrected chi connectivity index (χ0v) is 10.9. The summed E-state index contributed by atoms with van der Waals surface area (Å²) in [5.41, 5.74) is 7.04. The van der Waals surface area contributed by atoms with Crippen molar-refractivity contribution in [2.75, 3.05) is 12.8 Å². The van der Waals surface area contributed by atoms with E-state index in [0.29, 0.717) is 16.0 Å². The summed E-state index contributed by atoms with van der Waals surface area (Å²) in [7, 11) is -1.77. The summed E-state index contributed by atoms with van der Waals surface area (Å²) in [6.07, 6.45) is 3.44. The summed E-state index contributed by atoms with van der Waals surface area (Å²) in [6, 6.07) is 5.36. The molecule has 1 heterocycles. The fourth-order valence-corrected chi connectivity index (χ4v) is 3.70. The fraction of sp³-hybridized carbons (Fsp3) is 0.333. The number of anilines is 1. The Kier molecular flexibility index (Phi) is 2.39. The van der Waals surface area contributed by atoms with Gasteiger partial charge in [0.15, 0.2) is 0 Å². The van der Waals surface area contributed by atoms with Crippen LogP contribution in [0.25, 0.3) is 10.9 Å². The number of nitrogens with two attached hydrogens (primary N) is 1. The third kappa shape index (κ3) is 1.69. The molecule has 2 aromatic rings. The number of aromatic nitrogens is 1. The molecule has 0 saturated heterocycles. The van der Waals surface area contributed by atoms with Crippen molar-refractivity contribution in [1.29, 1.82) is 0 Å². The minimum Gasteiger partial charge on any atom is -0.399 e. The molecular formula is C12H15N3O2S. The first-order valence-electron chi connectivity index (χ1n) is 5.85. The highest BCUT2D eigenvalue weighted by Gasteiger charge is 2.36. The van der Waals surface area contributed by atoms with E-state index in [1.165, 1.54) is 4.31 Å². The largest absolute Gasteiger partial charge is 0.399 e. The number of fused-ring (bicyclic) bond motifs is 1. The van der Waals surface area contributed by atoms with Crippen molar-refractivity contribution in [3.05, 3.63) is 24.4 Å². The maximum atomic E-state index is 12.4. The molecule has 5 nitrogen and oxygen atoms in total. The third-order valence-electron chi connectivity index (χ3n) is 3.39. The van der Waals surface area contributed by atoms with Gasteiger partial charge in [0.2, 0.25) is 10.0 Å². The summed E-state index contributed by atoms with van der Waals surface area (Å²) in [4.78, 5) is 3.29. The molecule has 0 bridgehead atoms. The predicted octanol–water partition coefficient (Wildman–Crippen LogP) is 1.53. The summed E-state index contributed by atoms with van der Waals surface area (Å²) in [5, 5.41) is 0.691. The van der Waals surface area contributed by atoms with E-state index >= 15 is 0 Å². The monoisotopic (exact) mass is 265 g/mol. The van der Waals surface area contributed by atoms with Crippen molar-refractivity contribution in [3.8, 4) is 0 Å². The van der Waals surface area contributed by atoms with Gasteiger partial charge in [-0.2, -0.15) is 4.31 Å². The molecular weight excluding hydrogens is 250 g/mol. The van der Waals surface area contributed by atoms with Gasteiger partial charge in [-0.3, -0.25) is 0 Å². The molecule has 0 atom stereocenters. The molecule has 18 heavy (non-hydrogen) atoms. The van der Waals surface area contributed by atoms with Crippen LogP contribution in [0.1, 0.15) is 12.8 Å². The van der Waals surface area contributed by atoms with Crippen LogP contribution in [0, 0.1) is 0 Å². The van der Waals surface area contributed by atoms with Crippen LogP contribution in [-0.4, -0.2) is 30.8 Å². The Morgan fingerprint density at radius 1 is 1.39 bits per heavy atom. The van der Waals surface area contributed by atoms with E-state index in [-0.39, 0.29) is 6.04 Å². The lowest BCUT2D eigenvalue weighted by molar-refractivity contribution is 0.465. The number of hydrogen-bond donors (Lipinski definition) is 2. The van der Waals surface area contributed by atoms with Gasteiger partial charge in [-0.05, 0) is 31.0 Å². The van der Waals surface area contributed by atoms with Crippen molar-refractivity contribution in [2.24, 2.45) is 0 Å². The van der Waals surface area contributed by atoms with Crippen molar-refractivity contribution < 1.29 is 8.42 Å². The highest BCUT2D eigenvalue weighted by atomic mass is 32.2. The van der Waals surface area contributed by atoms with Crippen LogP contribution in [0.4, 0.5) is 5.69 Å². The first kappa shape index (κ1) is 11.6. The van der Waals surface area contributed by atoms with E-state index in [1.54, 1.807) is 31.4 Å². The van der Waals surface area contributed by atoms with Crippen LogP contribution in [-0.2, 0) is 10.0 Å². The highest BCUT2D eigenvalue weighted by molar-refractivity contribution is 7.89. The zero-order chi connectivity index (χ0) is 12.9. The lowest BCUT2D eigenvalue weighted by Gasteiger charge is -2.15. The fourth-order valence-electron chi connectivity index (χ4n) is 2.12. The summed E-state index contributed by atoms with van der Waals surface area (Å²) < 4.78 is 26.4. The number of nitrogens with one attached hydrogen (secondary N) is 1. The first-order valence-corrected chi connectivity index (χ1v) is 7.29. The molecule has 0 radical (unpaired) electrons. The summed E-state index contributed by atoms with van der Waals surface area (Å²) in [5.74, 6) is 0. The Balaban J connectivity index is 2.14. The van der Waals surface area contributed by atoms with Crippen LogP contribution < -0.4 is 5.73 Å². The van der Waals surface area contributed by atoms with E-state index in [4.69, 9.17) is 5.73 Å². The molecule has 1 saturated carbocycles. The number of benzene rings is 1. The van der Waals surface area contributed by atoms with Crippen LogP contribution >= 0.6 is 0 Å². The topological polar surface area (TPSA) is 79.2 Å². The normalized spacial score (nSPS) is 16.6. The Hall–Kier alpha value is -1.53. The van der Waals surface area contributed by atoms with Gasteiger partial charge in [-0.15, -0.1) is 0 Å². The SMILES string of the molecule is CN(C1CC1)S(=O)(=O)c1c[nH]c2cc(N)ccc12. The van der Waals surface area contributed by atoms with Crippen LogP contribution in [0.3, 0.4) is 0 Å². The summed E-state index contributed by atoms with van der Waals surface area (Å²) in [6.45, 7) is 0. The summed E-state index contributed by atoms with van der Waals surface area (Å²) >= 11 is 0. The average molecular weight is 265 g/mol. The van der Waals surface area contributed by atoms with Crippen molar-refractivity contribution >= 4 is 26.6 Å². The maximum Gasteiger partial charge on any atom is 0.245 e. The highest BCUT2D eigenvalue weighted by Crippen LogP contribution is 2.33. The van der Waals surface area contributed by atoms with E-state index in [1.807, 2.05) is 0 Å². The minimum absolute atomic E-state index is 0.161. The van der Waals surface area contributed by atoms with Gasteiger partial charge in [0, 0.05) is 35.9 Å². The molecule has 96 valence electrons. The van der Waals surface area contributed by atoms with Crippen LogP contribution in [0.5, 0.6) is 0 Å². The standard InChI is InChI=1S/C12H15N3O2S/c1-15(9-3-4-9)18(16,17)12-7-14-11-6-8(13)2-5-10(11)12/h2,5-7,9,14H,3-4,13H2,1H3. The number of sulfonamides is 1. The third-order valence-corrected chi connectivity index (χ3v) is 5.34. The van der Waals surface area contributed by atoms with E-state index in [9.17, 15) is 8.42 Å². The second-order valence-electron chi connectivity index (χ2n) is 4.71. The van der Waals surface area contributed by atoms with Gasteiger partial charge < -0.3 is 10.7 Å². The molecule has 1 fully saturated rings. The van der Waals surface area contributed by atoms with E-state index in [0.717, 1.165) is 18.4 Å². The number of nitrogens with zero attached hydrogens (tertiary/aromatic N) is 1. The number of H-pyrrole nitrogens is 1. The molecule has 0 spiro atoms. The van der Waals surface area contributed by atoms with Gasteiger partial charge in [0.25, 0.3) is 0 Å². The van der Waals surface area contributed by atoms with Crippen molar-refractivity contribution in [2.45, 2.75) is 23.8 Å². The maximum absolute atomic E-state index is 12.4. The zero-order valence-electron chi connectivity index (χ0n) is 10.1. The van der Waals surface area contributed by atoms with Crippen molar-refractivity contribution in [1.82, 2.24) is 9.29 Å². The molecule has 3 N–H and O–H groups in total. The molecule has 1 aliphatic rings. The van der Waals surface area contributed by atoms with Crippen LogP contribution in [0.15, 0.2) is 29.3 Å². The van der Waals surface area contributed by atoms with Gasteiger partial charge in [0.05, 0.1) is 0 Å². The molecule has 1 aromatic carbocycles. The molecule has 3 rings (SSSR count). The Morgan fingerprint density at radius 3 is 2.78 bits per heavy atom. The quantitative estimate of drug-likeness (QED) is 0.826. The molecule has 1 aromatic heterocycles. The second-order valence-corrected chi connectivity index (χ2v) is 6.68. The molecule has 6 heteroatoms. The second kappa shape index (κ2) is 3.73. The van der Waals surface area contributed by atoms with Crippen LogP contribution in [0.2, 0.25) is 0 Å². The molecule has 0 unspecified atom stereocenters. The van der Waals surface area contributed by atoms with E-state index in [2.05, 4.69) is 4.98 Å². The Morgan fingerprint density at radius 2 is 2.11 bits per heavy atom. The van der Waals surface area contributed by atoms with Gasteiger partial charge >= 0.3 is 0 Å². The molecule has 1 aliphatic carbocycles. The number of hydrogen-bond acceptors (Lipinski definition) is 3.